The maximum absolute atomic E-state index is 8.66. The van der Waals surface area contributed by atoms with Crippen molar-refractivity contribution in [1.29, 1.82) is 0 Å². The van der Waals surface area contributed by atoms with Crippen molar-refractivity contribution in [1.82, 2.24) is 0 Å². The Bertz CT molecular complexity index is 206. The van der Waals surface area contributed by atoms with Crippen molar-refractivity contribution in [2.75, 3.05) is 0 Å². The van der Waals surface area contributed by atoms with Gasteiger partial charge in [-0.05, 0) is 0 Å². The molecule has 0 aromatic rings. The second-order valence-corrected chi connectivity index (χ2v) is 4.22. The van der Waals surface area contributed by atoms with Gasteiger partial charge in [0.15, 0.2) is 0 Å². The van der Waals surface area contributed by atoms with E-state index in [4.69, 9.17) is 57.7 Å². The zero-order valence-electron chi connectivity index (χ0n) is 6.99. The molecular weight excluding hydrogens is 610 g/mol. The first-order chi connectivity index (χ1) is 6.00. The van der Waals surface area contributed by atoms with Gasteiger partial charge in [-0.1, -0.05) is 0 Å². The minimum Gasteiger partial charge on any atom is -0.790 e. The minimum absolute atomic E-state index is 0. The Morgan fingerprint density at radius 1 is 0.529 bits per heavy atom. The minimum atomic E-state index is -5.14. The quantitative estimate of drug-likeness (QED) is 0.216. The van der Waals surface area contributed by atoms with E-state index in [1.807, 2.05) is 0 Å². The first-order valence-corrected chi connectivity index (χ1v) is 6.73. The van der Waals surface area contributed by atoms with Crippen LogP contribution in [0.25, 0.3) is 0 Å². The van der Waals surface area contributed by atoms with Crippen LogP contribution in [0, 0.1) is 76.3 Å². The summed E-state index contributed by atoms with van der Waals surface area (Å²) in [4.78, 5) is 72.9. The molecule has 2 radical (unpaired) electrons. The predicted octanol–water partition coefficient (Wildman–Crippen LogP) is -6.58. The molecule has 0 aliphatic heterocycles. The molecule has 0 aromatic heterocycles. The third-order valence-corrected chi connectivity index (χ3v) is 0. The Morgan fingerprint density at radius 2 is 0.529 bits per heavy atom. The van der Waals surface area contributed by atoms with Crippen molar-refractivity contribution in [2.24, 2.45) is 0 Å². The van der Waals surface area contributed by atoms with E-state index in [2.05, 4.69) is 0 Å². The molecule has 12 nitrogen and oxygen atoms in total. The molecule has 0 aliphatic carbocycles. The second kappa shape index (κ2) is 13.8. The molecule has 0 unspecified atom stereocenters. The zero-order chi connectivity index (χ0) is 13.5. The molecule has 110 valence electrons. The van der Waals surface area contributed by atoms with Crippen molar-refractivity contribution in [3.8, 4) is 0 Å². The summed E-state index contributed by atoms with van der Waals surface area (Å²) in [5.74, 6) is 0. The van der Waals surface area contributed by atoms with Crippen molar-refractivity contribution < 1.29 is 134 Å². The molecule has 17 heavy (non-hydrogen) atoms. The molecule has 0 saturated carbocycles. The average Bonchev–Trinajstić information content (AvgIpc) is 1.41. The summed E-state index contributed by atoms with van der Waals surface area (Å²) in [5.41, 5.74) is 0. The number of rotatable bonds is 0. The molecule has 0 heterocycles. The Balaban J connectivity index is -0.0000000400. The average molecular weight is 613 g/mol. The topological polar surface area (TPSA) is 250 Å². The van der Waals surface area contributed by atoms with Crippen LogP contribution in [0.5, 0.6) is 0 Å². The largest absolute Gasteiger partial charge is 3.00 e. The van der Waals surface area contributed by atoms with Crippen LogP contribution in [0.1, 0.15) is 0 Å². The fraction of sp³-hybridized carbons (Fsp3) is 0. The SMILES string of the molecule is O=P([O-])([O-])O.O=P([O-])([O-])O.O=P([O-])([O-])O.[Dy+3].[Dy+3]. The van der Waals surface area contributed by atoms with E-state index in [-0.39, 0.29) is 76.3 Å². The zero-order valence-corrected chi connectivity index (χ0v) is 13.7. The molecule has 0 fully saturated rings. The van der Waals surface area contributed by atoms with Crippen LogP contribution in [0.3, 0.4) is 0 Å². The summed E-state index contributed by atoms with van der Waals surface area (Å²) in [5, 5.41) is 0. The van der Waals surface area contributed by atoms with Gasteiger partial charge in [0.1, 0.15) is 0 Å². The Labute approximate surface area is 155 Å². The monoisotopic (exact) mass is 616 g/mol. The van der Waals surface area contributed by atoms with Gasteiger partial charge in [0.05, 0.1) is 23.5 Å². The summed E-state index contributed by atoms with van der Waals surface area (Å²) in [6.07, 6.45) is 0. The van der Waals surface area contributed by atoms with Crippen LogP contribution in [0.15, 0.2) is 0 Å². The first kappa shape index (κ1) is 32.0. The van der Waals surface area contributed by atoms with Gasteiger partial charge in [-0.25, -0.2) is 0 Å². The van der Waals surface area contributed by atoms with E-state index in [1.165, 1.54) is 0 Å². The molecule has 0 aromatic carbocycles. The van der Waals surface area contributed by atoms with E-state index in [0.29, 0.717) is 0 Å². The normalized spacial score (nSPS) is 10.4. The Morgan fingerprint density at radius 3 is 0.529 bits per heavy atom. The Hall–Kier alpha value is 2.88. The molecule has 0 bridgehead atoms. The van der Waals surface area contributed by atoms with Crippen LogP contribution in [-0.4, -0.2) is 14.7 Å². The molecule has 0 rings (SSSR count). The third kappa shape index (κ3) is 650. The molecule has 0 atom stereocenters. The van der Waals surface area contributed by atoms with E-state index in [0.717, 1.165) is 0 Å². The first-order valence-electron chi connectivity index (χ1n) is 2.24. The summed E-state index contributed by atoms with van der Waals surface area (Å²) in [7, 11) is -15.4. The molecule has 3 N–H and O–H groups in total. The van der Waals surface area contributed by atoms with E-state index >= 15 is 0 Å². The number of hydrogen-bond donors (Lipinski definition) is 3. The van der Waals surface area contributed by atoms with Crippen molar-refractivity contribution in [2.45, 2.75) is 0 Å². The fourth-order valence-corrected chi connectivity index (χ4v) is 0. The standard InChI is InChI=1S/2Dy.3H3O4P/c;;3*1-5(2,3)4/h;;3*(H3,1,2,3,4)/q2*+3;;;/p-6. The van der Waals surface area contributed by atoms with Gasteiger partial charge in [0, 0.05) is 0 Å². The Kier molecular flexibility index (Phi) is 26.1. The summed E-state index contributed by atoms with van der Waals surface area (Å²) >= 11 is 0. The second-order valence-electron chi connectivity index (χ2n) is 1.41. The van der Waals surface area contributed by atoms with Gasteiger partial charge >= 0.3 is 76.3 Å². The van der Waals surface area contributed by atoms with Crippen LogP contribution in [0.2, 0.25) is 0 Å². The van der Waals surface area contributed by atoms with Gasteiger partial charge in [-0.2, -0.15) is 0 Å². The van der Waals surface area contributed by atoms with Gasteiger partial charge < -0.3 is 57.7 Å². The van der Waals surface area contributed by atoms with Crippen LogP contribution >= 0.6 is 23.5 Å². The maximum atomic E-state index is 8.66. The van der Waals surface area contributed by atoms with Gasteiger partial charge in [0.25, 0.3) is 0 Å². The van der Waals surface area contributed by atoms with Gasteiger partial charge in [0.2, 0.25) is 0 Å². The predicted molar refractivity (Wildman–Crippen MR) is 29.5 cm³/mol. The number of hydrogen-bond acceptors (Lipinski definition) is 9. The summed E-state index contributed by atoms with van der Waals surface area (Å²) in [6, 6.07) is 0. The maximum Gasteiger partial charge on any atom is 3.00 e. The van der Waals surface area contributed by atoms with Crippen molar-refractivity contribution in [3.05, 3.63) is 0 Å². The number of phosphoric acid groups is 3. The van der Waals surface area contributed by atoms with Gasteiger partial charge in [-0.15, -0.1) is 0 Å². The van der Waals surface area contributed by atoms with Crippen molar-refractivity contribution in [3.63, 3.8) is 0 Å². The van der Waals surface area contributed by atoms with E-state index < -0.39 is 23.5 Å². The van der Waals surface area contributed by atoms with Crippen LogP contribution in [0.4, 0.5) is 0 Å². The van der Waals surface area contributed by atoms with Crippen LogP contribution in [-0.2, 0) is 13.7 Å². The summed E-state index contributed by atoms with van der Waals surface area (Å²) in [6.45, 7) is 0. The fourth-order valence-electron chi connectivity index (χ4n) is 0. The van der Waals surface area contributed by atoms with Crippen molar-refractivity contribution >= 4 is 23.5 Å². The molecule has 0 aliphatic rings. The third-order valence-electron chi connectivity index (χ3n) is 0. The molecule has 17 heteroatoms. The molecule has 0 saturated heterocycles. The van der Waals surface area contributed by atoms with E-state index in [9.17, 15) is 0 Å². The smallest absolute Gasteiger partial charge is 0.790 e. The van der Waals surface area contributed by atoms with Gasteiger partial charge in [-0.3, -0.25) is 0 Å². The van der Waals surface area contributed by atoms with E-state index in [1.54, 1.807) is 0 Å². The van der Waals surface area contributed by atoms with Crippen LogP contribution < -0.4 is 29.4 Å². The molecule has 0 spiro atoms. The molecular formula is H3Dy2O12P3. The molecule has 0 amide bonds. The summed E-state index contributed by atoms with van der Waals surface area (Å²) < 4.78 is 26.0.